The SMILES string of the molecule is COc1ccc(-c2ccc(CCC(=O)NS(C)(=O)=O)o2)cc1. The predicted molar refractivity (Wildman–Crippen MR) is 82.0 cm³/mol. The van der Waals surface area contributed by atoms with Gasteiger partial charge < -0.3 is 9.15 Å². The van der Waals surface area contributed by atoms with Gasteiger partial charge in [-0.05, 0) is 36.4 Å². The van der Waals surface area contributed by atoms with Gasteiger partial charge in [-0.2, -0.15) is 0 Å². The topological polar surface area (TPSA) is 85.6 Å². The quantitative estimate of drug-likeness (QED) is 0.878. The third-order valence-electron chi connectivity index (χ3n) is 2.93. The molecule has 1 aromatic carbocycles. The van der Waals surface area contributed by atoms with E-state index in [0.29, 0.717) is 17.9 Å². The number of sulfonamides is 1. The van der Waals surface area contributed by atoms with Crippen LogP contribution in [0.2, 0.25) is 0 Å². The van der Waals surface area contributed by atoms with Crippen LogP contribution < -0.4 is 9.46 Å². The molecule has 0 aliphatic carbocycles. The maximum absolute atomic E-state index is 11.4. The van der Waals surface area contributed by atoms with Gasteiger partial charge in [-0.25, -0.2) is 8.42 Å². The predicted octanol–water partition coefficient (Wildman–Crippen LogP) is 1.96. The van der Waals surface area contributed by atoms with E-state index in [1.807, 2.05) is 35.1 Å². The Bertz CT molecular complexity index is 746. The summed E-state index contributed by atoms with van der Waals surface area (Å²) in [6, 6.07) is 11.0. The van der Waals surface area contributed by atoms with Crippen LogP contribution in [0.1, 0.15) is 12.2 Å². The van der Waals surface area contributed by atoms with E-state index in [2.05, 4.69) is 0 Å². The summed E-state index contributed by atoms with van der Waals surface area (Å²) < 4.78 is 34.5. The summed E-state index contributed by atoms with van der Waals surface area (Å²) in [6.07, 6.45) is 1.32. The fourth-order valence-electron chi connectivity index (χ4n) is 1.92. The summed E-state index contributed by atoms with van der Waals surface area (Å²) in [6.45, 7) is 0. The van der Waals surface area contributed by atoms with Crippen LogP contribution in [0, 0.1) is 0 Å². The summed E-state index contributed by atoms with van der Waals surface area (Å²) >= 11 is 0. The van der Waals surface area contributed by atoms with Crippen LogP contribution >= 0.6 is 0 Å². The molecule has 0 spiro atoms. The lowest BCUT2D eigenvalue weighted by atomic mass is 10.2. The lowest BCUT2D eigenvalue weighted by Gasteiger charge is -2.02. The van der Waals surface area contributed by atoms with Gasteiger partial charge in [0.1, 0.15) is 17.3 Å². The molecule has 0 radical (unpaired) electrons. The largest absolute Gasteiger partial charge is 0.497 e. The summed E-state index contributed by atoms with van der Waals surface area (Å²) in [4.78, 5) is 11.4. The highest BCUT2D eigenvalue weighted by Gasteiger charge is 2.10. The first-order chi connectivity index (χ1) is 10.4. The molecule has 2 rings (SSSR count). The Morgan fingerprint density at radius 3 is 2.45 bits per heavy atom. The lowest BCUT2D eigenvalue weighted by molar-refractivity contribution is -0.119. The number of furan rings is 1. The summed E-state index contributed by atoms with van der Waals surface area (Å²) in [5.41, 5.74) is 0.896. The molecule has 0 aliphatic rings. The Kier molecular flexibility index (Phi) is 4.87. The smallest absolute Gasteiger partial charge is 0.233 e. The van der Waals surface area contributed by atoms with Gasteiger partial charge in [-0.15, -0.1) is 0 Å². The van der Waals surface area contributed by atoms with Crippen LogP contribution in [0.4, 0.5) is 0 Å². The van der Waals surface area contributed by atoms with Crippen molar-refractivity contribution in [1.82, 2.24) is 4.72 Å². The number of carbonyl (C=O) groups is 1. The highest BCUT2D eigenvalue weighted by molar-refractivity contribution is 7.89. The van der Waals surface area contributed by atoms with E-state index < -0.39 is 15.9 Å². The number of ether oxygens (including phenoxy) is 1. The molecule has 0 fully saturated rings. The van der Waals surface area contributed by atoms with Gasteiger partial charge in [0.15, 0.2) is 0 Å². The Balaban J connectivity index is 1.97. The summed E-state index contributed by atoms with van der Waals surface area (Å²) in [7, 11) is -1.92. The monoisotopic (exact) mass is 323 g/mol. The molecule has 0 atom stereocenters. The number of methoxy groups -OCH3 is 1. The first kappa shape index (κ1) is 16.1. The molecule has 2 aromatic rings. The van der Waals surface area contributed by atoms with Crippen molar-refractivity contribution < 1.29 is 22.4 Å². The van der Waals surface area contributed by atoms with Crippen LogP contribution in [0.15, 0.2) is 40.8 Å². The Morgan fingerprint density at radius 1 is 1.18 bits per heavy atom. The van der Waals surface area contributed by atoms with E-state index in [1.165, 1.54) is 0 Å². The first-order valence-electron chi connectivity index (χ1n) is 6.61. The molecule has 1 aromatic heterocycles. The van der Waals surface area contributed by atoms with Crippen LogP contribution in [-0.4, -0.2) is 27.7 Å². The van der Waals surface area contributed by atoms with Crippen molar-refractivity contribution in [2.24, 2.45) is 0 Å². The Morgan fingerprint density at radius 2 is 1.86 bits per heavy atom. The van der Waals surface area contributed by atoms with Gasteiger partial charge in [0.2, 0.25) is 15.9 Å². The molecule has 1 N–H and O–H groups in total. The highest BCUT2D eigenvalue weighted by atomic mass is 32.2. The molecule has 0 unspecified atom stereocenters. The molecular formula is C15H17NO5S. The van der Waals surface area contributed by atoms with Crippen molar-refractivity contribution >= 4 is 15.9 Å². The standard InChI is InChI=1S/C15H17NO5S/c1-20-12-5-3-11(4-6-12)14-9-7-13(21-14)8-10-15(17)16-22(2,18)19/h3-7,9H,8,10H2,1-2H3,(H,16,17). The molecule has 1 amide bonds. The third-order valence-corrected chi connectivity index (χ3v) is 3.53. The number of amides is 1. The molecule has 0 bridgehead atoms. The fourth-order valence-corrected chi connectivity index (χ4v) is 2.43. The number of rotatable bonds is 6. The van der Waals surface area contributed by atoms with E-state index in [9.17, 15) is 13.2 Å². The van der Waals surface area contributed by atoms with E-state index in [-0.39, 0.29) is 6.42 Å². The minimum atomic E-state index is -3.51. The van der Waals surface area contributed by atoms with Crippen LogP contribution in [0.5, 0.6) is 5.75 Å². The minimum Gasteiger partial charge on any atom is -0.497 e. The molecule has 0 saturated heterocycles. The fraction of sp³-hybridized carbons (Fsp3) is 0.267. The molecule has 7 heteroatoms. The van der Waals surface area contributed by atoms with Gasteiger partial charge in [0.25, 0.3) is 0 Å². The van der Waals surface area contributed by atoms with Gasteiger partial charge in [0, 0.05) is 18.4 Å². The Hall–Kier alpha value is -2.28. The maximum atomic E-state index is 11.4. The molecule has 22 heavy (non-hydrogen) atoms. The second kappa shape index (κ2) is 6.65. The lowest BCUT2D eigenvalue weighted by Crippen LogP contribution is -2.29. The van der Waals surface area contributed by atoms with Gasteiger partial charge >= 0.3 is 0 Å². The minimum absolute atomic E-state index is 0.0443. The molecule has 1 heterocycles. The van der Waals surface area contributed by atoms with Crippen LogP contribution in [-0.2, 0) is 21.2 Å². The third kappa shape index (κ3) is 4.63. The number of carbonyl (C=O) groups excluding carboxylic acids is 1. The zero-order valence-electron chi connectivity index (χ0n) is 12.3. The average molecular weight is 323 g/mol. The molecular weight excluding hydrogens is 306 g/mol. The van der Waals surface area contributed by atoms with Gasteiger partial charge in [-0.1, -0.05) is 0 Å². The van der Waals surface area contributed by atoms with Gasteiger partial charge in [0.05, 0.1) is 13.4 Å². The maximum Gasteiger partial charge on any atom is 0.233 e. The van der Waals surface area contributed by atoms with Crippen molar-refractivity contribution in [3.63, 3.8) is 0 Å². The van der Waals surface area contributed by atoms with Crippen LogP contribution in [0.3, 0.4) is 0 Å². The second-order valence-corrected chi connectivity index (χ2v) is 6.54. The number of benzene rings is 1. The van der Waals surface area contributed by atoms with E-state index in [4.69, 9.17) is 9.15 Å². The molecule has 6 nitrogen and oxygen atoms in total. The molecule has 0 aliphatic heterocycles. The number of nitrogens with one attached hydrogen (secondary N) is 1. The van der Waals surface area contributed by atoms with Crippen molar-refractivity contribution in [2.45, 2.75) is 12.8 Å². The molecule has 0 saturated carbocycles. The highest BCUT2D eigenvalue weighted by Crippen LogP contribution is 2.24. The summed E-state index contributed by atoms with van der Waals surface area (Å²) in [5, 5.41) is 0. The zero-order chi connectivity index (χ0) is 16.2. The first-order valence-corrected chi connectivity index (χ1v) is 8.50. The second-order valence-electron chi connectivity index (χ2n) is 4.79. The van der Waals surface area contributed by atoms with E-state index in [1.54, 1.807) is 13.2 Å². The number of hydrogen-bond acceptors (Lipinski definition) is 5. The van der Waals surface area contributed by atoms with Crippen LogP contribution in [0.25, 0.3) is 11.3 Å². The number of aryl methyl sites for hydroxylation is 1. The average Bonchev–Trinajstić information content (AvgIpc) is 2.92. The van der Waals surface area contributed by atoms with E-state index >= 15 is 0 Å². The van der Waals surface area contributed by atoms with E-state index in [0.717, 1.165) is 17.6 Å². The molecule has 118 valence electrons. The Labute approximate surface area is 129 Å². The zero-order valence-corrected chi connectivity index (χ0v) is 13.1. The van der Waals surface area contributed by atoms with Gasteiger partial charge in [-0.3, -0.25) is 9.52 Å². The van der Waals surface area contributed by atoms with Crippen molar-refractivity contribution in [3.8, 4) is 17.1 Å². The van der Waals surface area contributed by atoms with Crippen molar-refractivity contribution in [3.05, 3.63) is 42.2 Å². The number of hydrogen-bond donors (Lipinski definition) is 1. The van der Waals surface area contributed by atoms with Crippen molar-refractivity contribution in [1.29, 1.82) is 0 Å². The van der Waals surface area contributed by atoms with Crippen molar-refractivity contribution in [2.75, 3.05) is 13.4 Å². The summed E-state index contributed by atoms with van der Waals surface area (Å²) in [5.74, 6) is 1.51. The normalized spacial score (nSPS) is 11.2.